The molecule has 0 bridgehead atoms. The molecule has 1 aliphatic rings. The Morgan fingerprint density at radius 3 is 2.70 bits per heavy atom. The molecule has 0 unspecified atom stereocenters. The number of amides is 1. The van der Waals surface area contributed by atoms with E-state index in [0.29, 0.717) is 53.3 Å². The lowest BCUT2D eigenvalue weighted by Crippen LogP contribution is -2.36. The average Bonchev–Trinajstić information content (AvgIpc) is 3.29. The third kappa shape index (κ3) is 5.19. The monoisotopic (exact) mass is 453 g/mol. The molecule has 0 saturated carbocycles. The van der Waals surface area contributed by atoms with Crippen molar-refractivity contribution >= 4 is 28.5 Å². The molecule has 10 heteroatoms. The topological polar surface area (TPSA) is 138 Å². The standard InChI is InChI=1S/C23H27N5O5/c1-32-9-8-24-23(31)15-4-2-14(3-5-15)20(30)18-10-25-21-19(18)22(27-13-26-21)28-16-6-7-17(11-29)33-12-16/h2-5,10,13,16-17,29H,6-9,11-12H2,1H3,(H,24,31)(H2,25,26,27,28)/t16-,17+/m1/s1. The van der Waals surface area contributed by atoms with E-state index in [1.54, 1.807) is 37.6 Å². The highest BCUT2D eigenvalue weighted by Crippen LogP contribution is 2.27. The average molecular weight is 453 g/mol. The minimum Gasteiger partial charge on any atom is -0.394 e. The second kappa shape index (κ2) is 10.5. The van der Waals surface area contributed by atoms with E-state index in [1.807, 2.05) is 0 Å². The van der Waals surface area contributed by atoms with Gasteiger partial charge in [0.05, 0.1) is 42.9 Å². The van der Waals surface area contributed by atoms with Crippen molar-refractivity contribution in [1.29, 1.82) is 0 Å². The number of hydrogen-bond acceptors (Lipinski definition) is 8. The Kier molecular flexibility index (Phi) is 7.28. The fourth-order valence-electron chi connectivity index (χ4n) is 3.81. The third-order valence-corrected chi connectivity index (χ3v) is 5.63. The van der Waals surface area contributed by atoms with Crippen LogP contribution in [0.25, 0.3) is 11.0 Å². The quantitative estimate of drug-likeness (QED) is 0.283. The van der Waals surface area contributed by atoms with Gasteiger partial charge in [-0.05, 0) is 25.0 Å². The summed E-state index contributed by atoms with van der Waals surface area (Å²) in [7, 11) is 1.57. The number of rotatable bonds is 9. The van der Waals surface area contributed by atoms with Gasteiger partial charge >= 0.3 is 0 Å². The number of aromatic amines is 1. The van der Waals surface area contributed by atoms with E-state index in [0.717, 1.165) is 12.8 Å². The van der Waals surface area contributed by atoms with Gasteiger partial charge in [0, 0.05) is 31.0 Å². The van der Waals surface area contributed by atoms with Crippen molar-refractivity contribution in [2.45, 2.75) is 25.0 Å². The first-order chi connectivity index (χ1) is 16.1. The predicted octanol–water partition coefficient (Wildman–Crippen LogP) is 1.52. The van der Waals surface area contributed by atoms with Crippen molar-refractivity contribution in [3.05, 3.63) is 53.5 Å². The Morgan fingerprint density at radius 2 is 2.00 bits per heavy atom. The zero-order valence-electron chi connectivity index (χ0n) is 18.3. The molecular formula is C23H27N5O5. The Hall–Kier alpha value is -3.34. The SMILES string of the molecule is COCCNC(=O)c1ccc(C(=O)c2c[nH]c3ncnc(N[C@@H]4CC[C@@H](CO)OC4)c23)cc1. The van der Waals surface area contributed by atoms with Crippen LogP contribution < -0.4 is 10.6 Å². The molecule has 1 aromatic carbocycles. The van der Waals surface area contributed by atoms with E-state index in [4.69, 9.17) is 9.47 Å². The molecule has 10 nitrogen and oxygen atoms in total. The van der Waals surface area contributed by atoms with E-state index < -0.39 is 0 Å². The van der Waals surface area contributed by atoms with Crippen molar-refractivity contribution in [2.75, 3.05) is 38.8 Å². The van der Waals surface area contributed by atoms with E-state index in [1.165, 1.54) is 6.33 Å². The summed E-state index contributed by atoms with van der Waals surface area (Å²) in [6, 6.07) is 6.52. The van der Waals surface area contributed by atoms with Crippen LogP contribution in [0.15, 0.2) is 36.8 Å². The van der Waals surface area contributed by atoms with Gasteiger partial charge in [-0.2, -0.15) is 0 Å². The van der Waals surface area contributed by atoms with Crippen LogP contribution in [0.4, 0.5) is 5.82 Å². The maximum absolute atomic E-state index is 13.3. The maximum Gasteiger partial charge on any atom is 0.251 e. The van der Waals surface area contributed by atoms with Crippen LogP contribution in [0.5, 0.6) is 0 Å². The number of ketones is 1. The molecule has 2 atom stereocenters. The number of nitrogens with zero attached hydrogens (tertiary/aromatic N) is 2. The van der Waals surface area contributed by atoms with Gasteiger partial charge in [0.2, 0.25) is 0 Å². The number of hydrogen-bond donors (Lipinski definition) is 4. The van der Waals surface area contributed by atoms with Gasteiger partial charge in [-0.1, -0.05) is 12.1 Å². The molecule has 3 aromatic rings. The van der Waals surface area contributed by atoms with E-state index in [-0.39, 0.29) is 30.4 Å². The van der Waals surface area contributed by atoms with Crippen LogP contribution in [0, 0.1) is 0 Å². The van der Waals surface area contributed by atoms with Crippen LogP contribution in [0.3, 0.4) is 0 Å². The lowest BCUT2D eigenvalue weighted by Gasteiger charge is -2.29. The molecule has 174 valence electrons. The van der Waals surface area contributed by atoms with Gasteiger partial charge in [0.1, 0.15) is 17.8 Å². The second-order valence-electron chi connectivity index (χ2n) is 7.86. The summed E-state index contributed by atoms with van der Waals surface area (Å²) in [5.41, 5.74) is 1.90. The fraction of sp³-hybridized carbons (Fsp3) is 0.391. The number of carbonyl (C=O) groups excluding carboxylic acids is 2. The lowest BCUT2D eigenvalue weighted by molar-refractivity contribution is -0.0224. The fourth-order valence-corrected chi connectivity index (χ4v) is 3.81. The normalized spacial score (nSPS) is 18.2. The number of aromatic nitrogens is 3. The molecule has 3 heterocycles. The number of methoxy groups -OCH3 is 1. The summed E-state index contributed by atoms with van der Waals surface area (Å²) >= 11 is 0. The first-order valence-electron chi connectivity index (χ1n) is 10.8. The number of aliphatic hydroxyl groups is 1. The second-order valence-corrected chi connectivity index (χ2v) is 7.86. The summed E-state index contributed by atoms with van der Waals surface area (Å²) < 4.78 is 10.6. The lowest BCUT2D eigenvalue weighted by atomic mass is 10.0. The van der Waals surface area contributed by atoms with Crippen LogP contribution in [-0.4, -0.2) is 77.4 Å². The van der Waals surface area contributed by atoms with E-state index >= 15 is 0 Å². The van der Waals surface area contributed by atoms with E-state index in [9.17, 15) is 14.7 Å². The Morgan fingerprint density at radius 1 is 1.21 bits per heavy atom. The summed E-state index contributed by atoms with van der Waals surface area (Å²) in [5, 5.41) is 16.0. The molecule has 2 aromatic heterocycles. The number of nitrogens with one attached hydrogen (secondary N) is 3. The van der Waals surface area contributed by atoms with Crippen molar-refractivity contribution < 1.29 is 24.2 Å². The van der Waals surface area contributed by atoms with Crippen LogP contribution >= 0.6 is 0 Å². The number of aliphatic hydroxyl groups excluding tert-OH is 1. The molecule has 1 fully saturated rings. The minimum absolute atomic E-state index is 0.00847. The molecule has 0 aliphatic carbocycles. The highest BCUT2D eigenvalue weighted by atomic mass is 16.5. The van der Waals surface area contributed by atoms with Gasteiger partial charge in [-0.25, -0.2) is 9.97 Å². The number of fused-ring (bicyclic) bond motifs is 1. The van der Waals surface area contributed by atoms with Crippen LogP contribution in [0.1, 0.15) is 39.1 Å². The molecule has 33 heavy (non-hydrogen) atoms. The van der Waals surface area contributed by atoms with Crippen molar-refractivity contribution in [3.63, 3.8) is 0 Å². The Labute approximate surface area is 190 Å². The molecule has 0 radical (unpaired) electrons. The number of H-pyrrole nitrogens is 1. The number of carbonyl (C=O) groups is 2. The highest BCUT2D eigenvalue weighted by molar-refractivity contribution is 6.18. The molecule has 1 saturated heterocycles. The van der Waals surface area contributed by atoms with Gasteiger partial charge in [-0.3, -0.25) is 9.59 Å². The van der Waals surface area contributed by atoms with Crippen molar-refractivity contribution in [1.82, 2.24) is 20.3 Å². The maximum atomic E-state index is 13.3. The molecular weight excluding hydrogens is 426 g/mol. The zero-order valence-corrected chi connectivity index (χ0v) is 18.3. The van der Waals surface area contributed by atoms with Crippen LogP contribution in [0.2, 0.25) is 0 Å². The minimum atomic E-state index is -0.226. The number of benzene rings is 1. The van der Waals surface area contributed by atoms with Gasteiger partial charge in [-0.15, -0.1) is 0 Å². The van der Waals surface area contributed by atoms with E-state index in [2.05, 4.69) is 25.6 Å². The van der Waals surface area contributed by atoms with Gasteiger partial charge in [0.25, 0.3) is 5.91 Å². The largest absolute Gasteiger partial charge is 0.394 e. The van der Waals surface area contributed by atoms with Gasteiger partial charge < -0.3 is 30.2 Å². The summed E-state index contributed by atoms with van der Waals surface area (Å²) in [4.78, 5) is 37.1. The summed E-state index contributed by atoms with van der Waals surface area (Å²) in [6.45, 7) is 1.29. The summed E-state index contributed by atoms with van der Waals surface area (Å²) in [6.07, 6.45) is 4.48. The Bertz CT molecular complexity index is 1110. The number of ether oxygens (including phenoxy) is 2. The zero-order chi connectivity index (χ0) is 23.2. The highest BCUT2D eigenvalue weighted by Gasteiger charge is 2.24. The first-order valence-corrected chi connectivity index (χ1v) is 10.8. The molecule has 4 rings (SSSR count). The Balaban J connectivity index is 1.52. The third-order valence-electron chi connectivity index (χ3n) is 5.63. The summed E-state index contributed by atoms with van der Waals surface area (Å²) in [5.74, 6) is 0.122. The first kappa shape index (κ1) is 22.8. The van der Waals surface area contributed by atoms with Crippen LogP contribution in [-0.2, 0) is 9.47 Å². The van der Waals surface area contributed by atoms with Crippen molar-refractivity contribution in [3.8, 4) is 0 Å². The molecule has 0 spiro atoms. The molecule has 1 aliphatic heterocycles. The van der Waals surface area contributed by atoms with Crippen molar-refractivity contribution in [2.24, 2.45) is 0 Å². The smallest absolute Gasteiger partial charge is 0.251 e. The predicted molar refractivity (Wildman–Crippen MR) is 121 cm³/mol. The molecule has 4 N–H and O–H groups in total. The van der Waals surface area contributed by atoms with Gasteiger partial charge in [0.15, 0.2) is 5.78 Å². The number of anilines is 1. The molecule has 1 amide bonds.